The average molecular weight is 287 g/mol. The molecular weight excluding hydrogens is 266 g/mol. The molecule has 5 heteroatoms. The first-order valence-electron chi connectivity index (χ1n) is 7.62. The topological polar surface area (TPSA) is 61.4 Å². The Bertz CT molecular complexity index is 585. The predicted octanol–water partition coefficient (Wildman–Crippen LogP) is 2.14. The summed E-state index contributed by atoms with van der Waals surface area (Å²) in [4.78, 5) is 26.4. The lowest BCUT2D eigenvalue weighted by Gasteiger charge is -2.33. The lowest BCUT2D eigenvalue weighted by molar-refractivity contribution is -0.117. The minimum atomic E-state index is -0.0926. The molecule has 21 heavy (non-hydrogen) atoms. The van der Waals surface area contributed by atoms with E-state index in [-0.39, 0.29) is 23.9 Å². The lowest BCUT2D eigenvalue weighted by Crippen LogP contribution is -2.44. The van der Waals surface area contributed by atoms with Crippen molar-refractivity contribution in [2.75, 3.05) is 16.8 Å². The van der Waals surface area contributed by atoms with E-state index in [0.29, 0.717) is 5.56 Å². The van der Waals surface area contributed by atoms with Gasteiger partial charge in [-0.3, -0.25) is 9.59 Å². The second-order valence-electron chi connectivity index (χ2n) is 5.86. The molecular formula is C16H21N3O2. The molecule has 1 fully saturated rings. The van der Waals surface area contributed by atoms with Crippen molar-refractivity contribution in [3.05, 3.63) is 23.8 Å². The molecule has 2 aliphatic rings. The van der Waals surface area contributed by atoms with Crippen LogP contribution in [0.15, 0.2) is 18.2 Å². The number of hydrogen-bond donors (Lipinski definition) is 2. The zero-order valence-corrected chi connectivity index (χ0v) is 12.5. The van der Waals surface area contributed by atoms with Gasteiger partial charge in [0.1, 0.15) is 6.04 Å². The summed E-state index contributed by atoms with van der Waals surface area (Å²) in [5.41, 5.74) is 2.36. The number of carbonyl (C=O) groups is 2. The quantitative estimate of drug-likeness (QED) is 0.895. The molecule has 5 nitrogen and oxygen atoms in total. The van der Waals surface area contributed by atoms with Crippen molar-refractivity contribution >= 4 is 23.2 Å². The van der Waals surface area contributed by atoms with Crippen LogP contribution in [0, 0.1) is 0 Å². The minimum Gasteiger partial charge on any atom is -0.358 e. The highest BCUT2D eigenvalue weighted by Gasteiger charge is 2.36. The summed E-state index contributed by atoms with van der Waals surface area (Å²) in [5.74, 6) is -0.0515. The number of nitrogens with zero attached hydrogens (tertiary/aromatic N) is 1. The molecule has 1 aromatic rings. The maximum Gasteiger partial charge on any atom is 0.251 e. The molecule has 2 atom stereocenters. The molecule has 2 aliphatic heterocycles. The van der Waals surface area contributed by atoms with E-state index < -0.39 is 0 Å². The van der Waals surface area contributed by atoms with E-state index in [1.807, 2.05) is 26.0 Å². The Morgan fingerprint density at radius 2 is 2.33 bits per heavy atom. The maximum absolute atomic E-state index is 12.2. The van der Waals surface area contributed by atoms with Crippen LogP contribution in [0.4, 0.5) is 11.4 Å². The molecule has 2 N–H and O–H groups in total. The van der Waals surface area contributed by atoms with Crippen LogP contribution in [-0.2, 0) is 4.79 Å². The van der Waals surface area contributed by atoms with Gasteiger partial charge in [-0.05, 0) is 44.4 Å². The largest absolute Gasteiger partial charge is 0.358 e. The number of rotatable bonds is 3. The smallest absolute Gasteiger partial charge is 0.251 e. The van der Waals surface area contributed by atoms with Gasteiger partial charge < -0.3 is 15.5 Å². The van der Waals surface area contributed by atoms with Gasteiger partial charge >= 0.3 is 0 Å². The van der Waals surface area contributed by atoms with Gasteiger partial charge in [0.25, 0.3) is 5.91 Å². The van der Waals surface area contributed by atoms with E-state index in [4.69, 9.17) is 0 Å². The zero-order valence-electron chi connectivity index (χ0n) is 12.5. The fourth-order valence-corrected chi connectivity index (χ4v) is 2.98. The number of amides is 2. The van der Waals surface area contributed by atoms with Gasteiger partial charge in [0.2, 0.25) is 5.91 Å². The van der Waals surface area contributed by atoms with E-state index in [0.717, 1.165) is 37.2 Å². The van der Waals surface area contributed by atoms with Crippen molar-refractivity contribution < 1.29 is 9.59 Å². The van der Waals surface area contributed by atoms with Crippen LogP contribution in [0.1, 0.15) is 43.5 Å². The number of carbonyl (C=O) groups excluding carboxylic acids is 2. The maximum atomic E-state index is 12.2. The molecule has 0 aliphatic carbocycles. The fraction of sp³-hybridized carbons (Fsp3) is 0.500. The molecule has 1 saturated heterocycles. The molecule has 1 aromatic carbocycles. The van der Waals surface area contributed by atoms with Gasteiger partial charge in [-0.2, -0.15) is 0 Å². The van der Waals surface area contributed by atoms with Crippen LogP contribution in [0.3, 0.4) is 0 Å². The van der Waals surface area contributed by atoms with Crippen LogP contribution in [0.5, 0.6) is 0 Å². The second kappa shape index (κ2) is 5.39. The first kappa shape index (κ1) is 13.9. The van der Waals surface area contributed by atoms with Gasteiger partial charge in [-0.15, -0.1) is 0 Å². The average Bonchev–Trinajstić information content (AvgIpc) is 2.96. The van der Waals surface area contributed by atoms with E-state index in [1.54, 1.807) is 6.07 Å². The Labute approximate surface area is 124 Å². The Morgan fingerprint density at radius 3 is 3.10 bits per heavy atom. The highest BCUT2D eigenvalue weighted by atomic mass is 16.2. The number of hydrogen-bond acceptors (Lipinski definition) is 3. The van der Waals surface area contributed by atoms with Gasteiger partial charge in [0, 0.05) is 18.2 Å². The van der Waals surface area contributed by atoms with E-state index >= 15 is 0 Å². The minimum absolute atomic E-state index is 0.0412. The van der Waals surface area contributed by atoms with Crippen LogP contribution >= 0.6 is 0 Å². The Hall–Kier alpha value is -2.04. The summed E-state index contributed by atoms with van der Waals surface area (Å²) in [6.07, 6.45) is 2.83. The molecule has 3 rings (SSSR count). The molecule has 0 radical (unpaired) electrons. The standard InChI is InChI=1S/C16H21N3O2/c1-3-10(2)17-15(20)11-6-7-13-12(9-11)18-16(21)14-5-4-8-19(13)14/h6-7,9-10,14H,3-5,8H2,1-2H3,(H,17,20)(H,18,21). The monoisotopic (exact) mass is 287 g/mol. The van der Waals surface area contributed by atoms with Crippen molar-refractivity contribution in [2.24, 2.45) is 0 Å². The SMILES string of the molecule is CCC(C)NC(=O)c1ccc2c(c1)NC(=O)C1CCCN21. The number of nitrogens with one attached hydrogen (secondary N) is 2. The second-order valence-corrected chi connectivity index (χ2v) is 5.86. The molecule has 112 valence electrons. The van der Waals surface area contributed by atoms with Crippen LogP contribution < -0.4 is 15.5 Å². The van der Waals surface area contributed by atoms with Crippen molar-refractivity contribution in [3.63, 3.8) is 0 Å². The molecule has 0 spiro atoms. The van der Waals surface area contributed by atoms with Crippen LogP contribution in [0.2, 0.25) is 0 Å². The summed E-state index contributed by atoms with van der Waals surface area (Å²) in [6.45, 7) is 4.92. The highest BCUT2D eigenvalue weighted by molar-refractivity contribution is 6.06. The van der Waals surface area contributed by atoms with Gasteiger partial charge in [-0.25, -0.2) is 0 Å². The van der Waals surface area contributed by atoms with Crippen LogP contribution in [-0.4, -0.2) is 30.4 Å². The molecule has 0 saturated carbocycles. The Balaban J connectivity index is 1.87. The van der Waals surface area contributed by atoms with Gasteiger partial charge in [-0.1, -0.05) is 6.92 Å². The number of fused-ring (bicyclic) bond motifs is 3. The van der Waals surface area contributed by atoms with Crippen molar-refractivity contribution in [1.82, 2.24) is 5.32 Å². The molecule has 0 aromatic heterocycles. The zero-order chi connectivity index (χ0) is 15.0. The third kappa shape index (κ3) is 2.48. The van der Waals surface area contributed by atoms with Crippen LogP contribution in [0.25, 0.3) is 0 Å². The van der Waals surface area contributed by atoms with E-state index in [2.05, 4.69) is 15.5 Å². The van der Waals surface area contributed by atoms with Crippen molar-refractivity contribution in [1.29, 1.82) is 0 Å². The normalized spacial score (nSPS) is 21.3. The summed E-state index contributed by atoms with van der Waals surface area (Å²) < 4.78 is 0. The summed E-state index contributed by atoms with van der Waals surface area (Å²) in [7, 11) is 0. The highest BCUT2D eigenvalue weighted by Crippen LogP contribution is 2.37. The van der Waals surface area contributed by atoms with Crippen molar-refractivity contribution in [3.8, 4) is 0 Å². The number of anilines is 2. The summed E-state index contributed by atoms with van der Waals surface area (Å²) in [6, 6.07) is 5.66. The first-order valence-corrected chi connectivity index (χ1v) is 7.62. The molecule has 2 unspecified atom stereocenters. The lowest BCUT2D eigenvalue weighted by atomic mass is 10.1. The summed E-state index contributed by atoms with van der Waals surface area (Å²) in [5, 5.41) is 5.88. The molecule has 2 amide bonds. The molecule has 0 bridgehead atoms. The predicted molar refractivity (Wildman–Crippen MR) is 82.7 cm³/mol. The molecule has 2 heterocycles. The van der Waals surface area contributed by atoms with Gasteiger partial charge in [0.05, 0.1) is 11.4 Å². The first-order chi connectivity index (χ1) is 10.1. The van der Waals surface area contributed by atoms with Gasteiger partial charge in [0.15, 0.2) is 0 Å². The summed E-state index contributed by atoms with van der Waals surface area (Å²) >= 11 is 0. The Kier molecular flexibility index (Phi) is 3.57. The van der Waals surface area contributed by atoms with Crippen molar-refractivity contribution in [2.45, 2.75) is 45.2 Å². The fourth-order valence-electron chi connectivity index (χ4n) is 2.98. The number of benzene rings is 1. The Morgan fingerprint density at radius 1 is 1.52 bits per heavy atom. The third-order valence-corrected chi connectivity index (χ3v) is 4.37. The van der Waals surface area contributed by atoms with E-state index in [9.17, 15) is 9.59 Å². The third-order valence-electron chi connectivity index (χ3n) is 4.37. The van der Waals surface area contributed by atoms with E-state index in [1.165, 1.54) is 0 Å².